The highest BCUT2D eigenvalue weighted by atomic mass is 16.8. The predicted molar refractivity (Wildman–Crippen MR) is 78.0 cm³/mol. The molecule has 120 valence electrons. The number of alkyl carbamates (subject to hydrolysis) is 1. The number of ether oxygens (including phenoxy) is 3. The van der Waals surface area contributed by atoms with Gasteiger partial charge in [-0.25, -0.2) is 4.79 Å². The van der Waals surface area contributed by atoms with E-state index in [9.17, 15) is 9.90 Å². The van der Waals surface area contributed by atoms with Crippen LogP contribution in [0.5, 0.6) is 0 Å². The molecule has 1 aliphatic heterocycles. The van der Waals surface area contributed by atoms with Gasteiger partial charge in [0.15, 0.2) is 5.79 Å². The van der Waals surface area contributed by atoms with Crippen molar-refractivity contribution in [1.82, 2.24) is 5.32 Å². The van der Waals surface area contributed by atoms with Crippen LogP contribution in [0, 0.1) is 0 Å². The number of hydrogen-bond acceptors (Lipinski definition) is 5. The van der Waals surface area contributed by atoms with Gasteiger partial charge in [0.25, 0.3) is 0 Å². The molecule has 6 nitrogen and oxygen atoms in total. The lowest BCUT2D eigenvalue weighted by atomic mass is 10.2. The summed E-state index contributed by atoms with van der Waals surface area (Å²) in [7, 11) is 0. The Balaban J connectivity index is 1.53. The molecule has 22 heavy (non-hydrogen) atoms. The predicted octanol–water partition coefficient (Wildman–Crippen LogP) is 1.57. The molecule has 3 rings (SSSR count). The maximum Gasteiger partial charge on any atom is 0.407 e. The topological polar surface area (TPSA) is 77.0 Å². The summed E-state index contributed by atoms with van der Waals surface area (Å²) in [5.41, 5.74) is 0.920. The smallest absolute Gasteiger partial charge is 0.407 e. The summed E-state index contributed by atoms with van der Waals surface area (Å²) in [6.07, 6.45) is -1.53. The van der Waals surface area contributed by atoms with E-state index >= 15 is 0 Å². The van der Waals surface area contributed by atoms with E-state index in [0.717, 1.165) is 5.56 Å². The van der Waals surface area contributed by atoms with Gasteiger partial charge in [-0.2, -0.15) is 0 Å². The monoisotopic (exact) mass is 307 g/mol. The van der Waals surface area contributed by atoms with E-state index in [2.05, 4.69) is 5.32 Å². The van der Waals surface area contributed by atoms with Gasteiger partial charge < -0.3 is 24.6 Å². The molecule has 4 atom stereocenters. The number of amides is 1. The maximum atomic E-state index is 11.9. The summed E-state index contributed by atoms with van der Waals surface area (Å²) < 4.78 is 16.6. The van der Waals surface area contributed by atoms with Crippen LogP contribution < -0.4 is 5.32 Å². The van der Waals surface area contributed by atoms with Crippen LogP contribution >= 0.6 is 0 Å². The third-order valence-electron chi connectivity index (χ3n) is 3.95. The molecule has 1 aromatic carbocycles. The van der Waals surface area contributed by atoms with E-state index in [0.29, 0.717) is 6.42 Å². The first-order chi connectivity index (χ1) is 10.4. The minimum atomic E-state index is -0.745. The molecule has 2 fully saturated rings. The van der Waals surface area contributed by atoms with Crippen molar-refractivity contribution in [2.75, 3.05) is 0 Å². The van der Waals surface area contributed by atoms with E-state index in [4.69, 9.17) is 14.2 Å². The Bertz CT molecular complexity index is 533. The average molecular weight is 307 g/mol. The Morgan fingerprint density at radius 1 is 1.32 bits per heavy atom. The third-order valence-corrected chi connectivity index (χ3v) is 3.95. The molecule has 1 aliphatic carbocycles. The largest absolute Gasteiger partial charge is 0.445 e. The minimum absolute atomic E-state index is 0.207. The normalized spacial score (nSPS) is 32.5. The van der Waals surface area contributed by atoms with Gasteiger partial charge in [-0.05, 0) is 25.8 Å². The highest BCUT2D eigenvalue weighted by Gasteiger charge is 2.54. The summed E-state index contributed by atoms with van der Waals surface area (Å²) in [6, 6.07) is 9.15. The first kappa shape index (κ1) is 15.3. The van der Waals surface area contributed by atoms with Gasteiger partial charge in [0, 0.05) is 0 Å². The lowest BCUT2D eigenvalue weighted by molar-refractivity contribution is -0.163. The fourth-order valence-corrected chi connectivity index (χ4v) is 3.01. The average Bonchev–Trinajstić information content (AvgIpc) is 2.93. The summed E-state index contributed by atoms with van der Waals surface area (Å²) in [6.45, 7) is 3.80. The molecule has 0 bridgehead atoms. The van der Waals surface area contributed by atoms with Gasteiger partial charge in [0.05, 0.1) is 12.1 Å². The van der Waals surface area contributed by atoms with Gasteiger partial charge in [-0.3, -0.25) is 0 Å². The molecule has 0 aromatic heterocycles. The van der Waals surface area contributed by atoms with Crippen LogP contribution in [0.2, 0.25) is 0 Å². The second-order valence-corrected chi connectivity index (χ2v) is 6.18. The number of hydrogen-bond donors (Lipinski definition) is 2. The molecule has 2 N–H and O–H groups in total. The van der Waals surface area contributed by atoms with Crippen LogP contribution in [0.3, 0.4) is 0 Å². The van der Waals surface area contributed by atoms with Crippen molar-refractivity contribution in [2.24, 2.45) is 0 Å². The number of fused-ring (bicyclic) bond motifs is 1. The van der Waals surface area contributed by atoms with Gasteiger partial charge >= 0.3 is 6.09 Å². The second-order valence-electron chi connectivity index (χ2n) is 6.18. The number of aliphatic hydroxyl groups excluding tert-OH is 1. The van der Waals surface area contributed by atoms with E-state index in [1.54, 1.807) is 13.8 Å². The Morgan fingerprint density at radius 3 is 2.73 bits per heavy atom. The number of carbonyl (C=O) groups is 1. The van der Waals surface area contributed by atoms with Gasteiger partial charge in [-0.1, -0.05) is 30.3 Å². The van der Waals surface area contributed by atoms with Crippen molar-refractivity contribution in [3.63, 3.8) is 0 Å². The maximum absolute atomic E-state index is 11.9. The highest BCUT2D eigenvalue weighted by Crippen LogP contribution is 2.38. The molecule has 1 saturated carbocycles. The zero-order valence-electron chi connectivity index (χ0n) is 12.7. The van der Waals surface area contributed by atoms with Gasteiger partial charge in [0.2, 0.25) is 0 Å². The second kappa shape index (κ2) is 5.87. The summed E-state index contributed by atoms with van der Waals surface area (Å²) >= 11 is 0. The van der Waals surface area contributed by atoms with E-state index < -0.39 is 24.1 Å². The van der Waals surface area contributed by atoms with Crippen LogP contribution in [-0.4, -0.2) is 41.3 Å². The Hall–Kier alpha value is -1.63. The number of benzene rings is 1. The zero-order chi connectivity index (χ0) is 15.7. The molecule has 1 saturated heterocycles. The van der Waals surface area contributed by atoms with Crippen molar-refractivity contribution < 1.29 is 24.1 Å². The van der Waals surface area contributed by atoms with Crippen molar-refractivity contribution in [2.45, 2.75) is 57.0 Å². The molecule has 2 aliphatic rings. The Morgan fingerprint density at radius 2 is 2.00 bits per heavy atom. The molecule has 1 heterocycles. The van der Waals surface area contributed by atoms with Crippen molar-refractivity contribution in [3.05, 3.63) is 35.9 Å². The van der Waals surface area contributed by atoms with E-state index in [-0.39, 0.29) is 18.8 Å². The summed E-state index contributed by atoms with van der Waals surface area (Å²) in [5.74, 6) is -0.745. The molecular weight excluding hydrogens is 286 g/mol. The van der Waals surface area contributed by atoms with Gasteiger partial charge in [-0.15, -0.1) is 0 Å². The van der Waals surface area contributed by atoms with Gasteiger partial charge in [0.1, 0.15) is 18.8 Å². The van der Waals surface area contributed by atoms with Crippen LogP contribution in [0.1, 0.15) is 25.8 Å². The molecule has 1 amide bonds. The van der Waals surface area contributed by atoms with Crippen LogP contribution in [0.4, 0.5) is 4.79 Å². The number of carbonyl (C=O) groups excluding carboxylic acids is 1. The molecule has 2 unspecified atom stereocenters. The Labute approximate surface area is 129 Å². The first-order valence-corrected chi connectivity index (χ1v) is 7.45. The SMILES string of the molecule is CC1(C)OC2C(O1)[C@H](NC(=O)OCc1ccccc1)C[C@@H]2O. The highest BCUT2D eigenvalue weighted by molar-refractivity contribution is 5.67. The summed E-state index contributed by atoms with van der Waals surface area (Å²) in [4.78, 5) is 11.9. The van der Waals surface area contributed by atoms with Crippen molar-refractivity contribution >= 4 is 6.09 Å². The molecular formula is C16H21NO5. The standard InChI is InChI=1S/C16H21NO5/c1-16(2)21-13-11(8-12(18)14(13)22-16)17-15(19)20-9-10-6-4-3-5-7-10/h3-7,11-14,18H,8-9H2,1-2H3,(H,17,19)/t11-,12+,13?,14?/m1/s1. The lowest BCUT2D eigenvalue weighted by Gasteiger charge is -2.22. The number of nitrogens with one attached hydrogen (secondary N) is 1. The molecule has 6 heteroatoms. The molecule has 0 radical (unpaired) electrons. The van der Waals surface area contributed by atoms with Crippen molar-refractivity contribution in [1.29, 1.82) is 0 Å². The third kappa shape index (κ3) is 3.24. The zero-order valence-corrected chi connectivity index (χ0v) is 12.7. The first-order valence-electron chi connectivity index (χ1n) is 7.45. The Kier molecular flexibility index (Phi) is 4.08. The van der Waals surface area contributed by atoms with E-state index in [1.165, 1.54) is 0 Å². The molecule has 0 spiro atoms. The quantitative estimate of drug-likeness (QED) is 0.886. The lowest BCUT2D eigenvalue weighted by Crippen LogP contribution is -2.43. The van der Waals surface area contributed by atoms with Crippen LogP contribution in [0.15, 0.2) is 30.3 Å². The van der Waals surface area contributed by atoms with Crippen LogP contribution in [-0.2, 0) is 20.8 Å². The fourth-order valence-electron chi connectivity index (χ4n) is 3.01. The van der Waals surface area contributed by atoms with E-state index in [1.807, 2.05) is 30.3 Å². The van der Waals surface area contributed by atoms with Crippen molar-refractivity contribution in [3.8, 4) is 0 Å². The van der Waals surface area contributed by atoms with Crippen LogP contribution in [0.25, 0.3) is 0 Å². The number of rotatable bonds is 3. The summed E-state index contributed by atoms with van der Waals surface area (Å²) in [5, 5.41) is 12.8. The fraction of sp³-hybridized carbons (Fsp3) is 0.562. The molecule has 1 aromatic rings. The number of aliphatic hydroxyl groups is 1. The minimum Gasteiger partial charge on any atom is -0.445 e.